The second kappa shape index (κ2) is 9.11. The molecule has 4 rings (SSSR count). The number of anilines is 1. The maximum Gasteiger partial charge on any atom is 0.278 e. The normalized spacial score (nSPS) is 10.7. The number of benzene rings is 3. The number of aromatic nitrogens is 2. The van der Waals surface area contributed by atoms with E-state index in [1.165, 1.54) is 18.8 Å². The zero-order valence-electron chi connectivity index (χ0n) is 17.5. The molecule has 1 heterocycles. The van der Waals surface area contributed by atoms with Gasteiger partial charge in [0, 0.05) is 11.6 Å². The smallest absolute Gasteiger partial charge is 0.278 e. The Bertz CT molecular complexity index is 1350. The molecule has 0 fully saturated rings. The molecular weight excluding hydrogens is 430 g/mol. The van der Waals surface area contributed by atoms with E-state index in [4.69, 9.17) is 21.1 Å². The number of ether oxygens (including phenoxy) is 2. The van der Waals surface area contributed by atoms with Crippen LogP contribution < -0.4 is 20.3 Å². The van der Waals surface area contributed by atoms with Crippen molar-refractivity contribution in [3.63, 3.8) is 0 Å². The number of nitrogens with zero attached hydrogens (tertiary/aromatic N) is 2. The fraction of sp³-hybridized carbons (Fsp3) is 0.125. The van der Waals surface area contributed by atoms with Crippen molar-refractivity contribution in [1.29, 1.82) is 0 Å². The van der Waals surface area contributed by atoms with Crippen molar-refractivity contribution in [2.75, 3.05) is 19.5 Å². The Kier molecular flexibility index (Phi) is 6.09. The lowest BCUT2D eigenvalue weighted by atomic mass is 10.1. The van der Waals surface area contributed by atoms with E-state index < -0.39 is 5.91 Å². The van der Waals surface area contributed by atoms with Crippen molar-refractivity contribution >= 4 is 34.2 Å². The Balaban J connectivity index is 1.73. The second-order valence-electron chi connectivity index (χ2n) is 6.94. The first-order valence-electron chi connectivity index (χ1n) is 9.78. The van der Waals surface area contributed by atoms with Crippen LogP contribution in [0, 0.1) is 0 Å². The monoisotopic (exact) mass is 449 g/mol. The summed E-state index contributed by atoms with van der Waals surface area (Å²) in [7, 11) is 2.97. The van der Waals surface area contributed by atoms with E-state index in [1.54, 1.807) is 24.3 Å². The van der Waals surface area contributed by atoms with Crippen LogP contribution in [-0.2, 0) is 11.3 Å². The molecule has 0 spiro atoms. The van der Waals surface area contributed by atoms with Crippen LogP contribution in [0.25, 0.3) is 22.3 Å². The largest absolute Gasteiger partial charge is 0.495 e. The molecule has 162 valence electrons. The van der Waals surface area contributed by atoms with Crippen LogP contribution in [0.5, 0.6) is 11.5 Å². The molecule has 0 saturated carbocycles. The summed E-state index contributed by atoms with van der Waals surface area (Å²) in [5.74, 6) is 0.392. The molecule has 8 heteroatoms. The number of halogens is 1. The van der Waals surface area contributed by atoms with Crippen LogP contribution in [0.15, 0.2) is 71.5 Å². The van der Waals surface area contributed by atoms with E-state index in [0.717, 1.165) is 0 Å². The third kappa shape index (κ3) is 4.15. The van der Waals surface area contributed by atoms with Crippen LogP contribution >= 0.6 is 11.6 Å². The average Bonchev–Trinajstić information content (AvgIpc) is 2.81. The molecule has 0 radical (unpaired) electrons. The van der Waals surface area contributed by atoms with Crippen molar-refractivity contribution < 1.29 is 14.3 Å². The number of para-hydroxylation sites is 2. The molecular formula is C24H20ClN3O4. The first kappa shape index (κ1) is 21.4. The zero-order valence-corrected chi connectivity index (χ0v) is 18.2. The molecule has 1 N–H and O–H groups in total. The van der Waals surface area contributed by atoms with Crippen molar-refractivity contribution in [3.8, 4) is 22.8 Å². The van der Waals surface area contributed by atoms with Gasteiger partial charge in [0.2, 0.25) is 5.91 Å². The number of carbonyl (C=O) groups is 1. The van der Waals surface area contributed by atoms with E-state index in [9.17, 15) is 9.59 Å². The Hall–Kier alpha value is -3.84. The molecule has 4 aromatic rings. The number of hydrogen-bond donors (Lipinski definition) is 1. The number of fused-ring (bicyclic) bond motifs is 1. The molecule has 1 amide bonds. The third-order valence-electron chi connectivity index (χ3n) is 4.95. The lowest BCUT2D eigenvalue weighted by Crippen LogP contribution is -2.29. The Labute approximate surface area is 189 Å². The van der Waals surface area contributed by atoms with Gasteiger partial charge in [-0.3, -0.25) is 14.2 Å². The molecule has 7 nitrogen and oxygen atoms in total. The van der Waals surface area contributed by atoms with Crippen molar-refractivity contribution in [2.45, 2.75) is 6.54 Å². The summed E-state index contributed by atoms with van der Waals surface area (Å²) in [5, 5.41) is 3.09. The van der Waals surface area contributed by atoms with Gasteiger partial charge in [-0.15, -0.1) is 0 Å². The number of carbonyl (C=O) groups excluding carboxylic acids is 1. The van der Waals surface area contributed by atoms with Gasteiger partial charge in [-0.1, -0.05) is 54.1 Å². The highest BCUT2D eigenvalue weighted by atomic mass is 35.5. The Morgan fingerprint density at radius 1 is 1.00 bits per heavy atom. The average molecular weight is 450 g/mol. The molecule has 0 aliphatic carbocycles. The highest BCUT2D eigenvalue weighted by Crippen LogP contribution is 2.35. The van der Waals surface area contributed by atoms with Gasteiger partial charge in [-0.2, -0.15) is 0 Å². The van der Waals surface area contributed by atoms with E-state index in [0.29, 0.717) is 38.8 Å². The summed E-state index contributed by atoms with van der Waals surface area (Å²) in [6.45, 7) is -0.214. The molecule has 0 aliphatic rings. The number of amides is 1. The van der Waals surface area contributed by atoms with Crippen LogP contribution in [0.1, 0.15) is 0 Å². The first-order chi connectivity index (χ1) is 15.5. The van der Waals surface area contributed by atoms with Crippen LogP contribution in [0.3, 0.4) is 0 Å². The van der Waals surface area contributed by atoms with Gasteiger partial charge in [0.05, 0.1) is 36.0 Å². The lowest BCUT2D eigenvalue weighted by Gasteiger charge is -2.15. The van der Waals surface area contributed by atoms with Crippen molar-refractivity contribution in [3.05, 3.63) is 82.1 Å². The summed E-state index contributed by atoms with van der Waals surface area (Å²) in [6.07, 6.45) is 0. The highest BCUT2D eigenvalue weighted by molar-refractivity contribution is 6.32. The molecule has 0 atom stereocenters. The number of hydrogen-bond acceptors (Lipinski definition) is 5. The zero-order chi connectivity index (χ0) is 22.7. The number of nitrogens with one attached hydrogen (secondary N) is 1. The molecule has 0 bridgehead atoms. The topological polar surface area (TPSA) is 82.5 Å². The quantitative estimate of drug-likeness (QED) is 0.472. The minimum absolute atomic E-state index is 0.214. The van der Waals surface area contributed by atoms with E-state index >= 15 is 0 Å². The Morgan fingerprint density at radius 2 is 1.69 bits per heavy atom. The van der Waals surface area contributed by atoms with Gasteiger partial charge in [0.1, 0.15) is 23.7 Å². The van der Waals surface area contributed by atoms with Gasteiger partial charge < -0.3 is 14.8 Å². The predicted octanol–water partition coefficient (Wildman–Crippen LogP) is 4.37. The van der Waals surface area contributed by atoms with Crippen LogP contribution in [0.4, 0.5) is 5.69 Å². The van der Waals surface area contributed by atoms with E-state index in [-0.39, 0.29) is 17.8 Å². The second-order valence-corrected chi connectivity index (χ2v) is 7.35. The van der Waals surface area contributed by atoms with E-state index in [1.807, 2.05) is 42.5 Å². The van der Waals surface area contributed by atoms with Gasteiger partial charge in [-0.25, -0.2) is 4.98 Å². The fourth-order valence-electron chi connectivity index (χ4n) is 3.42. The maximum absolute atomic E-state index is 13.3. The minimum Gasteiger partial charge on any atom is -0.495 e. The number of methoxy groups -OCH3 is 2. The summed E-state index contributed by atoms with van der Waals surface area (Å²) in [5.41, 5.74) is 2.15. The molecule has 0 saturated heterocycles. The summed E-state index contributed by atoms with van der Waals surface area (Å²) in [6, 6.07) is 19.5. The molecule has 0 unspecified atom stereocenters. The lowest BCUT2D eigenvalue weighted by molar-refractivity contribution is -0.116. The highest BCUT2D eigenvalue weighted by Gasteiger charge is 2.17. The first-order valence-corrected chi connectivity index (χ1v) is 10.2. The minimum atomic E-state index is -0.415. The van der Waals surface area contributed by atoms with Gasteiger partial charge >= 0.3 is 0 Å². The maximum atomic E-state index is 13.3. The van der Waals surface area contributed by atoms with Crippen LogP contribution in [0.2, 0.25) is 5.02 Å². The molecule has 1 aromatic heterocycles. The number of rotatable bonds is 6. The van der Waals surface area contributed by atoms with Gasteiger partial charge in [0.25, 0.3) is 5.56 Å². The van der Waals surface area contributed by atoms with Gasteiger partial charge in [0.15, 0.2) is 0 Å². The third-order valence-corrected chi connectivity index (χ3v) is 5.24. The summed E-state index contributed by atoms with van der Waals surface area (Å²) < 4.78 is 11.9. The summed E-state index contributed by atoms with van der Waals surface area (Å²) >= 11 is 6.20. The van der Waals surface area contributed by atoms with Crippen molar-refractivity contribution in [1.82, 2.24) is 9.55 Å². The standard InChI is InChI=1S/C24H20ClN3O4/c1-31-20-13-21(32-2)18(12-16(20)25)26-22(29)14-28-19-11-7-6-10-17(19)27-23(24(28)30)15-8-4-3-5-9-15/h3-13H,14H2,1-2H3,(H,26,29). The predicted molar refractivity (Wildman–Crippen MR) is 125 cm³/mol. The van der Waals surface area contributed by atoms with Gasteiger partial charge in [-0.05, 0) is 18.2 Å². The molecule has 0 aliphatic heterocycles. The molecule has 32 heavy (non-hydrogen) atoms. The Morgan fingerprint density at radius 3 is 2.41 bits per heavy atom. The molecule has 3 aromatic carbocycles. The fourth-order valence-corrected chi connectivity index (χ4v) is 3.67. The van der Waals surface area contributed by atoms with Crippen molar-refractivity contribution in [2.24, 2.45) is 0 Å². The van der Waals surface area contributed by atoms with Crippen LogP contribution in [-0.4, -0.2) is 29.7 Å². The van der Waals surface area contributed by atoms with E-state index in [2.05, 4.69) is 10.3 Å². The summed E-state index contributed by atoms with van der Waals surface area (Å²) in [4.78, 5) is 30.8. The SMILES string of the molecule is COc1cc(OC)c(NC(=O)Cn2c(=O)c(-c3ccccc3)nc3ccccc32)cc1Cl.